The zero-order valence-electron chi connectivity index (χ0n) is 9.46. The Bertz CT molecular complexity index is 363. The van der Waals surface area contributed by atoms with Gasteiger partial charge in [-0.1, -0.05) is 6.92 Å². The van der Waals surface area contributed by atoms with E-state index >= 15 is 0 Å². The summed E-state index contributed by atoms with van der Waals surface area (Å²) in [6.07, 6.45) is 1.42. The number of ether oxygens (including phenoxy) is 2. The second-order valence-electron chi connectivity index (χ2n) is 3.37. The lowest BCUT2D eigenvalue weighted by molar-refractivity contribution is -0.121. The molecule has 1 aromatic rings. The van der Waals surface area contributed by atoms with Crippen molar-refractivity contribution in [1.82, 2.24) is 0 Å². The minimum Gasteiger partial charge on any atom is -0.497 e. The predicted molar refractivity (Wildman–Crippen MR) is 66.1 cm³/mol. The largest absolute Gasteiger partial charge is 0.497 e. The zero-order valence-corrected chi connectivity index (χ0v) is 11.0. The number of halogens is 1. The highest BCUT2D eigenvalue weighted by molar-refractivity contribution is 9.10. The van der Waals surface area contributed by atoms with Gasteiger partial charge >= 0.3 is 0 Å². The Morgan fingerprint density at radius 3 is 2.75 bits per heavy atom. The van der Waals surface area contributed by atoms with Gasteiger partial charge < -0.3 is 9.47 Å². The summed E-state index contributed by atoms with van der Waals surface area (Å²) in [7, 11) is 1.60. The first-order chi connectivity index (χ1) is 7.67. The topological polar surface area (TPSA) is 35.5 Å². The molecule has 0 N–H and O–H groups in total. The average molecular weight is 287 g/mol. The predicted octanol–water partition coefficient (Wildman–Crippen LogP) is 3.21. The number of ketones is 1. The monoisotopic (exact) mass is 286 g/mol. The van der Waals surface area contributed by atoms with Crippen molar-refractivity contribution in [2.24, 2.45) is 0 Å². The van der Waals surface area contributed by atoms with Crippen LogP contribution in [0.25, 0.3) is 0 Å². The number of hydrogen-bond acceptors (Lipinski definition) is 3. The van der Waals surface area contributed by atoms with E-state index in [0.717, 1.165) is 16.6 Å². The highest BCUT2D eigenvalue weighted by Gasteiger charge is 2.06. The van der Waals surface area contributed by atoms with Crippen LogP contribution in [0, 0.1) is 0 Å². The lowest BCUT2D eigenvalue weighted by Crippen LogP contribution is -2.10. The SMILES string of the molecule is CCCC(=O)COc1ccc(OC)cc1Br. The molecule has 0 spiro atoms. The van der Waals surface area contributed by atoms with E-state index in [1.165, 1.54) is 0 Å². The summed E-state index contributed by atoms with van der Waals surface area (Å²) in [5.74, 6) is 1.52. The molecule has 16 heavy (non-hydrogen) atoms. The van der Waals surface area contributed by atoms with Gasteiger partial charge in [-0.3, -0.25) is 4.79 Å². The standard InChI is InChI=1S/C12H15BrO3/c1-3-4-9(14)8-16-12-6-5-10(15-2)7-11(12)13/h5-7H,3-4,8H2,1-2H3. The van der Waals surface area contributed by atoms with Crippen molar-refractivity contribution in [1.29, 1.82) is 0 Å². The summed E-state index contributed by atoms with van der Waals surface area (Å²) in [5, 5.41) is 0. The van der Waals surface area contributed by atoms with Crippen molar-refractivity contribution in [3.63, 3.8) is 0 Å². The van der Waals surface area contributed by atoms with Crippen LogP contribution in [-0.4, -0.2) is 19.5 Å². The molecule has 0 saturated heterocycles. The molecule has 0 aliphatic heterocycles. The summed E-state index contributed by atoms with van der Waals surface area (Å²) >= 11 is 3.36. The zero-order chi connectivity index (χ0) is 12.0. The molecule has 4 heteroatoms. The van der Waals surface area contributed by atoms with Gasteiger partial charge in [0.2, 0.25) is 0 Å². The molecule has 88 valence electrons. The van der Waals surface area contributed by atoms with Gasteiger partial charge in [-0.05, 0) is 40.5 Å². The Morgan fingerprint density at radius 1 is 1.44 bits per heavy atom. The minimum atomic E-state index is 0.116. The molecule has 1 aromatic carbocycles. The molecule has 0 amide bonds. The summed E-state index contributed by atoms with van der Waals surface area (Å²) in [4.78, 5) is 11.3. The lowest BCUT2D eigenvalue weighted by Gasteiger charge is -2.08. The fourth-order valence-corrected chi connectivity index (χ4v) is 1.71. The van der Waals surface area contributed by atoms with E-state index in [4.69, 9.17) is 9.47 Å². The Hall–Kier alpha value is -1.03. The van der Waals surface area contributed by atoms with Gasteiger partial charge in [-0.25, -0.2) is 0 Å². The fourth-order valence-electron chi connectivity index (χ4n) is 1.23. The maximum absolute atomic E-state index is 11.3. The number of carbonyl (C=O) groups excluding carboxylic acids is 1. The summed E-state index contributed by atoms with van der Waals surface area (Å²) in [5.41, 5.74) is 0. The molecule has 0 aromatic heterocycles. The molecule has 0 heterocycles. The van der Waals surface area contributed by atoms with E-state index < -0.39 is 0 Å². The Labute approximate surface area is 104 Å². The van der Waals surface area contributed by atoms with Crippen LogP contribution in [0.5, 0.6) is 11.5 Å². The summed E-state index contributed by atoms with van der Waals surface area (Å²) in [6.45, 7) is 2.10. The van der Waals surface area contributed by atoms with Gasteiger partial charge in [0.15, 0.2) is 5.78 Å². The van der Waals surface area contributed by atoms with Gasteiger partial charge in [-0.2, -0.15) is 0 Å². The summed E-state index contributed by atoms with van der Waals surface area (Å²) in [6, 6.07) is 5.38. The Morgan fingerprint density at radius 2 is 2.19 bits per heavy atom. The van der Waals surface area contributed by atoms with E-state index in [0.29, 0.717) is 12.2 Å². The molecule has 0 aliphatic carbocycles. The normalized spacial score (nSPS) is 9.94. The highest BCUT2D eigenvalue weighted by Crippen LogP contribution is 2.29. The second kappa shape index (κ2) is 6.53. The van der Waals surface area contributed by atoms with E-state index in [1.54, 1.807) is 25.3 Å². The summed E-state index contributed by atoms with van der Waals surface area (Å²) < 4.78 is 11.2. The van der Waals surface area contributed by atoms with Gasteiger partial charge in [0.05, 0.1) is 11.6 Å². The van der Waals surface area contributed by atoms with Crippen molar-refractivity contribution in [2.75, 3.05) is 13.7 Å². The van der Waals surface area contributed by atoms with Crippen molar-refractivity contribution >= 4 is 21.7 Å². The van der Waals surface area contributed by atoms with Crippen molar-refractivity contribution in [3.05, 3.63) is 22.7 Å². The Kier molecular flexibility index (Phi) is 5.32. The molecule has 0 bridgehead atoms. The molecule has 0 saturated carbocycles. The van der Waals surface area contributed by atoms with Crippen LogP contribution in [-0.2, 0) is 4.79 Å². The smallest absolute Gasteiger partial charge is 0.170 e. The van der Waals surface area contributed by atoms with E-state index in [-0.39, 0.29) is 12.4 Å². The van der Waals surface area contributed by atoms with E-state index in [9.17, 15) is 4.79 Å². The van der Waals surface area contributed by atoms with Gasteiger partial charge in [0.1, 0.15) is 18.1 Å². The van der Waals surface area contributed by atoms with Gasteiger partial charge in [0.25, 0.3) is 0 Å². The number of Topliss-reactive ketones (excluding diaryl/α,β-unsaturated/α-hetero) is 1. The fraction of sp³-hybridized carbons (Fsp3) is 0.417. The molecule has 0 aliphatic rings. The minimum absolute atomic E-state index is 0.116. The first-order valence-electron chi connectivity index (χ1n) is 5.15. The van der Waals surface area contributed by atoms with Crippen molar-refractivity contribution in [3.8, 4) is 11.5 Å². The van der Waals surface area contributed by atoms with E-state index in [1.807, 2.05) is 6.92 Å². The van der Waals surface area contributed by atoms with Crippen LogP contribution >= 0.6 is 15.9 Å². The maximum atomic E-state index is 11.3. The highest BCUT2D eigenvalue weighted by atomic mass is 79.9. The number of hydrogen-bond donors (Lipinski definition) is 0. The maximum Gasteiger partial charge on any atom is 0.170 e. The Balaban J connectivity index is 2.57. The van der Waals surface area contributed by atoms with Gasteiger partial charge in [0, 0.05) is 6.42 Å². The number of benzene rings is 1. The number of rotatable bonds is 6. The molecule has 0 radical (unpaired) electrons. The third-order valence-corrected chi connectivity index (χ3v) is 2.68. The molecular formula is C12H15BrO3. The molecule has 0 fully saturated rings. The van der Waals surface area contributed by atoms with Crippen LogP contribution in [0.2, 0.25) is 0 Å². The molecule has 3 nitrogen and oxygen atoms in total. The molecule has 1 rings (SSSR count). The molecular weight excluding hydrogens is 272 g/mol. The first-order valence-corrected chi connectivity index (χ1v) is 5.94. The van der Waals surface area contributed by atoms with Crippen LogP contribution in [0.3, 0.4) is 0 Å². The van der Waals surface area contributed by atoms with Crippen molar-refractivity contribution in [2.45, 2.75) is 19.8 Å². The van der Waals surface area contributed by atoms with Crippen LogP contribution in [0.15, 0.2) is 22.7 Å². The van der Waals surface area contributed by atoms with Gasteiger partial charge in [-0.15, -0.1) is 0 Å². The number of carbonyl (C=O) groups is 1. The lowest BCUT2D eigenvalue weighted by atomic mass is 10.2. The van der Waals surface area contributed by atoms with Crippen LogP contribution in [0.1, 0.15) is 19.8 Å². The quantitative estimate of drug-likeness (QED) is 0.806. The van der Waals surface area contributed by atoms with Crippen LogP contribution < -0.4 is 9.47 Å². The third-order valence-electron chi connectivity index (χ3n) is 2.06. The number of methoxy groups -OCH3 is 1. The van der Waals surface area contributed by atoms with Crippen molar-refractivity contribution < 1.29 is 14.3 Å². The van der Waals surface area contributed by atoms with E-state index in [2.05, 4.69) is 15.9 Å². The average Bonchev–Trinajstić information content (AvgIpc) is 2.27. The van der Waals surface area contributed by atoms with Crippen LogP contribution in [0.4, 0.5) is 0 Å². The molecule has 0 atom stereocenters. The second-order valence-corrected chi connectivity index (χ2v) is 4.23. The third kappa shape index (κ3) is 3.85. The molecule has 0 unspecified atom stereocenters. The first kappa shape index (κ1) is 13.0.